The van der Waals surface area contributed by atoms with Crippen LogP contribution in [0.15, 0.2) is 23.3 Å². The Labute approximate surface area is 190 Å². The number of ether oxygens (including phenoxy) is 1. The quantitative estimate of drug-likeness (QED) is 0.300. The zero-order valence-electron chi connectivity index (χ0n) is 20.1. The van der Waals surface area contributed by atoms with Gasteiger partial charge < -0.3 is 15.2 Å². The summed E-state index contributed by atoms with van der Waals surface area (Å²) in [7, 11) is 1.34. The van der Waals surface area contributed by atoms with Crippen LogP contribution in [0.2, 0.25) is 0 Å². The van der Waals surface area contributed by atoms with Crippen molar-refractivity contribution in [2.24, 2.45) is 29.1 Å². The number of methoxy groups -OCH3 is 1. The Balaban J connectivity index is 2.56. The fraction of sp³-hybridized carbons (Fsp3) is 0.680. The smallest absolute Gasteiger partial charge is 0.305 e. The van der Waals surface area contributed by atoms with Crippen LogP contribution < -0.4 is 5.32 Å². The monoisotopic (exact) mass is 447 g/mol. The highest BCUT2D eigenvalue weighted by atomic mass is 16.5. The van der Waals surface area contributed by atoms with Crippen LogP contribution in [0.4, 0.5) is 0 Å². The number of fused-ring (bicyclic) bond motifs is 1. The SMILES string of the molecule is COC(=O)CC/C(C)=C/[C@H]1C=C(C)[C@@H](C)[C@H]2[C@H](CC(C)C)NC(=O)[C@]21C(=O)CCC(=O)O. The van der Waals surface area contributed by atoms with Crippen molar-refractivity contribution >= 4 is 23.6 Å². The van der Waals surface area contributed by atoms with Gasteiger partial charge in [0.25, 0.3) is 0 Å². The van der Waals surface area contributed by atoms with E-state index < -0.39 is 17.3 Å². The minimum absolute atomic E-state index is 0.00602. The zero-order chi connectivity index (χ0) is 24.2. The number of allylic oxidation sites excluding steroid dienone is 4. The molecule has 2 aliphatic rings. The number of carbonyl (C=O) groups is 4. The van der Waals surface area contributed by atoms with Crippen molar-refractivity contribution in [2.75, 3.05) is 7.11 Å². The molecule has 1 amide bonds. The highest BCUT2D eigenvalue weighted by Crippen LogP contribution is 2.55. The van der Waals surface area contributed by atoms with Crippen molar-refractivity contribution < 1.29 is 29.0 Å². The van der Waals surface area contributed by atoms with Crippen molar-refractivity contribution in [3.8, 4) is 0 Å². The summed E-state index contributed by atoms with van der Waals surface area (Å²) in [5, 5.41) is 12.3. The molecule has 0 unspecified atom stereocenters. The number of rotatable bonds is 10. The van der Waals surface area contributed by atoms with Crippen LogP contribution in [0.3, 0.4) is 0 Å². The minimum atomic E-state index is -1.33. The molecular weight excluding hydrogens is 410 g/mol. The van der Waals surface area contributed by atoms with E-state index in [-0.39, 0.29) is 54.8 Å². The lowest BCUT2D eigenvalue weighted by molar-refractivity contribution is -0.148. The van der Waals surface area contributed by atoms with Crippen LogP contribution in [0, 0.1) is 29.1 Å². The van der Waals surface area contributed by atoms with Crippen LogP contribution in [-0.4, -0.2) is 41.9 Å². The maximum atomic E-state index is 13.6. The van der Waals surface area contributed by atoms with Gasteiger partial charge in [-0.3, -0.25) is 19.2 Å². The molecule has 7 heteroatoms. The number of carboxylic acids is 1. The van der Waals surface area contributed by atoms with E-state index in [1.165, 1.54) is 7.11 Å². The summed E-state index contributed by atoms with van der Waals surface area (Å²) in [5.41, 5.74) is 0.674. The molecule has 178 valence electrons. The molecule has 1 aliphatic carbocycles. The standard InChI is InChI=1S/C25H37NO6/c1-14(2)11-19-23-17(5)16(4)13-18(12-15(3)7-10-22(30)32-6)25(23,24(31)26-19)20(27)8-9-21(28)29/h12-14,17-19,23H,7-11H2,1-6H3,(H,26,31)(H,28,29)/b15-12+/t17-,18+,19+,23+,25-/m1/s1. The molecule has 0 aromatic heterocycles. The molecule has 1 aliphatic heterocycles. The van der Waals surface area contributed by atoms with Crippen LogP contribution in [-0.2, 0) is 23.9 Å². The third kappa shape index (κ3) is 5.13. The van der Waals surface area contributed by atoms with Gasteiger partial charge in [-0.15, -0.1) is 0 Å². The second kappa shape index (κ2) is 10.5. The topological polar surface area (TPSA) is 110 Å². The lowest BCUT2D eigenvalue weighted by atomic mass is 9.54. The number of carbonyl (C=O) groups excluding carboxylic acids is 3. The molecule has 32 heavy (non-hydrogen) atoms. The highest BCUT2D eigenvalue weighted by Gasteiger charge is 2.65. The molecule has 5 atom stereocenters. The lowest BCUT2D eigenvalue weighted by Gasteiger charge is -2.45. The predicted molar refractivity (Wildman–Crippen MR) is 121 cm³/mol. The Kier molecular flexibility index (Phi) is 8.43. The Hall–Kier alpha value is -2.44. The van der Waals surface area contributed by atoms with Crippen LogP contribution in [0.1, 0.15) is 66.7 Å². The number of ketones is 1. The summed E-state index contributed by atoms with van der Waals surface area (Å²) in [6.45, 7) is 10.1. The fourth-order valence-electron chi connectivity index (χ4n) is 5.42. The summed E-state index contributed by atoms with van der Waals surface area (Å²) in [6.07, 6.45) is 4.85. The van der Waals surface area contributed by atoms with Crippen molar-refractivity contribution in [1.82, 2.24) is 5.32 Å². The summed E-state index contributed by atoms with van der Waals surface area (Å²) in [5.74, 6) is -2.39. The maximum absolute atomic E-state index is 13.6. The number of aliphatic carboxylic acids is 1. The van der Waals surface area contributed by atoms with E-state index in [2.05, 4.69) is 19.2 Å². The van der Waals surface area contributed by atoms with E-state index in [4.69, 9.17) is 9.84 Å². The molecule has 1 fully saturated rings. The number of hydrogen-bond acceptors (Lipinski definition) is 5. The third-order valence-corrected chi connectivity index (χ3v) is 7.04. The lowest BCUT2D eigenvalue weighted by Crippen LogP contribution is -2.52. The van der Waals surface area contributed by atoms with Gasteiger partial charge in [-0.1, -0.05) is 44.1 Å². The first-order valence-corrected chi connectivity index (χ1v) is 11.4. The van der Waals surface area contributed by atoms with Gasteiger partial charge in [0.2, 0.25) is 5.91 Å². The average molecular weight is 448 g/mol. The predicted octanol–water partition coefficient (Wildman–Crippen LogP) is 3.68. The maximum Gasteiger partial charge on any atom is 0.305 e. The second-order valence-corrected chi connectivity index (χ2v) is 9.74. The Morgan fingerprint density at radius 3 is 2.44 bits per heavy atom. The van der Waals surface area contributed by atoms with E-state index in [0.717, 1.165) is 17.6 Å². The first-order valence-electron chi connectivity index (χ1n) is 11.4. The van der Waals surface area contributed by atoms with Gasteiger partial charge in [0, 0.05) is 30.7 Å². The van der Waals surface area contributed by atoms with Gasteiger partial charge in [0.05, 0.1) is 13.5 Å². The second-order valence-electron chi connectivity index (χ2n) is 9.74. The van der Waals surface area contributed by atoms with Crippen LogP contribution in [0.5, 0.6) is 0 Å². The first-order chi connectivity index (χ1) is 14.9. The Morgan fingerprint density at radius 1 is 1.22 bits per heavy atom. The van der Waals surface area contributed by atoms with Crippen molar-refractivity contribution in [3.05, 3.63) is 23.3 Å². The molecule has 0 radical (unpaired) electrons. The van der Waals surface area contributed by atoms with E-state index in [0.29, 0.717) is 12.3 Å². The first kappa shape index (κ1) is 25.8. The Bertz CT molecular complexity index is 826. The molecule has 0 aromatic rings. The van der Waals surface area contributed by atoms with Gasteiger partial charge >= 0.3 is 11.9 Å². The minimum Gasteiger partial charge on any atom is -0.481 e. The van der Waals surface area contributed by atoms with Crippen molar-refractivity contribution in [3.63, 3.8) is 0 Å². The van der Waals surface area contributed by atoms with Gasteiger partial charge in [-0.25, -0.2) is 0 Å². The van der Waals surface area contributed by atoms with E-state index in [1.54, 1.807) is 0 Å². The third-order valence-electron chi connectivity index (χ3n) is 7.04. The normalized spacial score (nSPS) is 29.9. The van der Waals surface area contributed by atoms with Gasteiger partial charge in [-0.2, -0.15) is 0 Å². The molecule has 0 saturated carbocycles. The highest BCUT2D eigenvalue weighted by molar-refractivity contribution is 6.09. The molecule has 0 bridgehead atoms. The molecule has 7 nitrogen and oxygen atoms in total. The molecular formula is C25H37NO6. The van der Waals surface area contributed by atoms with Crippen LogP contribution >= 0.6 is 0 Å². The molecule has 0 aromatic carbocycles. The van der Waals surface area contributed by atoms with Crippen LogP contribution in [0.25, 0.3) is 0 Å². The summed E-state index contributed by atoms with van der Waals surface area (Å²) in [6, 6.07) is -0.152. The van der Waals surface area contributed by atoms with E-state index in [9.17, 15) is 19.2 Å². The number of amides is 1. The molecule has 2 N–H and O–H groups in total. The number of carboxylic acid groups (broad SMARTS) is 1. The van der Waals surface area contributed by atoms with E-state index in [1.807, 2.05) is 32.9 Å². The zero-order valence-corrected chi connectivity index (χ0v) is 20.1. The van der Waals surface area contributed by atoms with Crippen molar-refractivity contribution in [2.45, 2.75) is 72.8 Å². The van der Waals surface area contributed by atoms with E-state index >= 15 is 0 Å². The summed E-state index contributed by atoms with van der Waals surface area (Å²) < 4.78 is 4.72. The fourth-order valence-corrected chi connectivity index (χ4v) is 5.42. The van der Waals surface area contributed by atoms with Gasteiger partial charge in [0.15, 0.2) is 0 Å². The number of hydrogen-bond donors (Lipinski definition) is 2. The Morgan fingerprint density at radius 2 is 1.88 bits per heavy atom. The van der Waals surface area contributed by atoms with Gasteiger partial charge in [0.1, 0.15) is 11.2 Å². The molecule has 2 rings (SSSR count). The van der Waals surface area contributed by atoms with Gasteiger partial charge in [-0.05, 0) is 38.5 Å². The number of Topliss-reactive ketones (excluding diaryl/α,β-unsaturated/α-hetero) is 1. The van der Waals surface area contributed by atoms with Crippen molar-refractivity contribution in [1.29, 1.82) is 0 Å². The summed E-state index contributed by atoms with van der Waals surface area (Å²) in [4.78, 5) is 50.0. The molecule has 1 heterocycles. The molecule has 1 saturated heterocycles. The largest absolute Gasteiger partial charge is 0.481 e. The number of esters is 1. The molecule has 0 spiro atoms. The summed E-state index contributed by atoms with van der Waals surface area (Å²) >= 11 is 0. The number of nitrogens with one attached hydrogen (secondary N) is 1. The average Bonchev–Trinajstić information content (AvgIpc) is 3.00.